The fourth-order valence-electron chi connectivity index (χ4n) is 2.05. The third-order valence-corrected chi connectivity index (χ3v) is 2.68. The first-order valence-electron chi connectivity index (χ1n) is 6.44. The van der Waals surface area contributed by atoms with E-state index < -0.39 is 6.98 Å². The number of anilines is 2. The first-order valence-corrected chi connectivity index (χ1v) is 4.94. The Morgan fingerprint density at radius 3 is 3.12 bits per heavy atom. The second kappa shape index (κ2) is 2.98. The van der Waals surface area contributed by atoms with Gasteiger partial charge in [-0.15, -0.1) is 0 Å². The van der Waals surface area contributed by atoms with Gasteiger partial charge in [0.15, 0.2) is 0 Å². The summed E-state index contributed by atoms with van der Waals surface area (Å²) >= 11 is 0. The predicted octanol–water partition coefficient (Wildman–Crippen LogP) is 1.01. The van der Waals surface area contributed by atoms with Crippen molar-refractivity contribution in [3.05, 3.63) is 23.9 Å². The first kappa shape index (κ1) is 6.52. The molecule has 3 rings (SSSR count). The maximum Gasteiger partial charge on any atom is 0.120 e. The Kier molecular flexibility index (Phi) is 1.21. The van der Waals surface area contributed by atoms with E-state index in [0.29, 0.717) is 28.3 Å². The van der Waals surface area contributed by atoms with E-state index in [2.05, 4.69) is 10.2 Å². The molecule has 16 heavy (non-hydrogen) atoms. The topological polar surface area (TPSA) is 60.0 Å². The lowest BCUT2D eigenvalue weighted by molar-refractivity contribution is 0.645. The number of benzene rings is 1. The monoisotopic (exact) mass is 218 g/mol. The van der Waals surface area contributed by atoms with E-state index in [4.69, 9.17) is 9.85 Å². The summed E-state index contributed by atoms with van der Waals surface area (Å²) in [6, 6.07) is 5.30. The molecule has 0 saturated heterocycles. The van der Waals surface area contributed by atoms with Crippen LogP contribution in [0.25, 0.3) is 11.3 Å². The zero-order chi connectivity index (χ0) is 13.8. The quantitative estimate of drug-likeness (QED) is 0.670. The van der Waals surface area contributed by atoms with Crippen LogP contribution in [0.4, 0.5) is 11.4 Å². The molecule has 2 heterocycles. The number of nitrogens with zero attached hydrogens (tertiary/aromatic N) is 4. The van der Waals surface area contributed by atoms with Gasteiger partial charge in [0.25, 0.3) is 0 Å². The van der Waals surface area contributed by atoms with Gasteiger partial charge < -0.3 is 10.6 Å². The smallest absolute Gasteiger partial charge is 0.120 e. The Morgan fingerprint density at radius 1 is 1.44 bits per heavy atom. The summed E-state index contributed by atoms with van der Waals surface area (Å²) in [7, 11) is 1.71. The van der Waals surface area contributed by atoms with Crippen LogP contribution in [0.15, 0.2) is 18.2 Å². The lowest BCUT2D eigenvalue weighted by Crippen LogP contribution is -2.22. The molecule has 5 nitrogen and oxygen atoms in total. The lowest BCUT2D eigenvalue weighted by Gasteiger charge is -2.27. The largest absolute Gasteiger partial charge is 0.397 e. The maximum atomic E-state index is 7.65. The number of nitrogen functional groups attached to an aromatic ring is 1. The Hall–Kier alpha value is -2.04. The van der Waals surface area contributed by atoms with Crippen molar-refractivity contribution in [2.45, 2.75) is 6.54 Å². The third kappa shape index (κ3) is 1.11. The Bertz CT molecular complexity index is 646. The van der Waals surface area contributed by atoms with Gasteiger partial charge in [0, 0.05) is 23.7 Å². The van der Waals surface area contributed by atoms with E-state index in [9.17, 15) is 0 Å². The van der Waals surface area contributed by atoms with Gasteiger partial charge >= 0.3 is 0 Å². The number of fused-ring (bicyclic) bond motifs is 3. The van der Waals surface area contributed by atoms with Crippen LogP contribution >= 0.6 is 0 Å². The highest BCUT2D eigenvalue weighted by Gasteiger charge is 2.25. The fraction of sp³-hybridized carbons (Fsp3) is 0.273. The molecule has 1 aromatic carbocycles. The van der Waals surface area contributed by atoms with Crippen molar-refractivity contribution in [2.24, 2.45) is 7.05 Å². The first-order chi connectivity index (χ1) is 8.88. The summed E-state index contributed by atoms with van der Waals surface area (Å²) in [4.78, 5) is 2.75. The van der Waals surface area contributed by atoms with Gasteiger partial charge in [-0.05, 0) is 6.07 Å². The molecule has 0 saturated carbocycles. The average molecular weight is 218 g/mol. The molecule has 2 N–H and O–H groups in total. The molecular formula is C11H13N5. The normalized spacial score (nSPS) is 17.1. The summed E-state index contributed by atoms with van der Waals surface area (Å²) in [5.41, 5.74) is 8.95. The second-order valence-electron chi connectivity index (χ2n) is 3.81. The van der Waals surface area contributed by atoms with Crippen molar-refractivity contribution in [1.29, 1.82) is 0 Å². The summed E-state index contributed by atoms with van der Waals surface area (Å²) in [6.45, 7) is -2.08. The summed E-state index contributed by atoms with van der Waals surface area (Å²) in [5, 5.41) is 8.51. The lowest BCUT2D eigenvalue weighted by atomic mass is 10.0. The van der Waals surface area contributed by atoms with Crippen LogP contribution in [0, 0.1) is 0 Å². The minimum atomic E-state index is -2.26. The van der Waals surface area contributed by atoms with Gasteiger partial charge in [-0.3, -0.25) is 0 Å². The minimum Gasteiger partial charge on any atom is -0.397 e. The van der Waals surface area contributed by atoms with Crippen LogP contribution < -0.4 is 10.6 Å². The molecule has 1 aliphatic heterocycles. The number of hydrogen-bond donors (Lipinski definition) is 1. The van der Waals surface area contributed by atoms with Gasteiger partial charge in [-0.2, -0.15) is 15.0 Å². The van der Waals surface area contributed by atoms with Crippen LogP contribution in [-0.2, 0) is 13.6 Å². The summed E-state index contributed by atoms with van der Waals surface area (Å²) in [5.74, 6) is 0. The number of aromatic nitrogens is 3. The van der Waals surface area contributed by atoms with Crippen molar-refractivity contribution >= 4 is 11.4 Å². The molecule has 82 valence electrons. The molecule has 0 radical (unpaired) electrons. The molecule has 1 aliphatic rings. The average Bonchev–Trinajstić information content (AvgIpc) is 2.67. The van der Waals surface area contributed by atoms with Crippen LogP contribution in [0.2, 0.25) is 0 Å². The molecule has 1 aromatic heterocycles. The fourth-order valence-corrected chi connectivity index (χ4v) is 2.05. The molecule has 0 fully saturated rings. The van der Waals surface area contributed by atoms with E-state index in [-0.39, 0.29) is 6.54 Å². The molecule has 0 bridgehead atoms. The Labute approximate surface area is 97.7 Å². The Morgan fingerprint density at radius 2 is 2.31 bits per heavy atom. The number of aryl methyl sites for hydroxylation is 1. The third-order valence-electron chi connectivity index (χ3n) is 2.68. The van der Waals surface area contributed by atoms with Gasteiger partial charge in [0.05, 0.1) is 17.9 Å². The van der Waals surface area contributed by atoms with E-state index in [1.54, 1.807) is 19.2 Å². The van der Waals surface area contributed by atoms with Gasteiger partial charge in [0.1, 0.15) is 11.4 Å². The zero-order valence-corrected chi connectivity index (χ0v) is 8.81. The molecule has 0 aliphatic carbocycles. The van der Waals surface area contributed by atoms with E-state index in [1.165, 1.54) is 9.70 Å². The van der Waals surface area contributed by atoms with Crippen LogP contribution in [-0.4, -0.2) is 22.0 Å². The van der Waals surface area contributed by atoms with E-state index in [1.807, 2.05) is 6.07 Å². The molecule has 0 atom stereocenters. The van der Waals surface area contributed by atoms with Gasteiger partial charge in [-0.1, -0.05) is 12.1 Å². The molecule has 0 spiro atoms. The second-order valence-corrected chi connectivity index (χ2v) is 3.81. The van der Waals surface area contributed by atoms with Crippen molar-refractivity contribution in [2.75, 3.05) is 17.6 Å². The molecule has 0 amide bonds. The minimum absolute atomic E-state index is 0.181. The summed E-state index contributed by atoms with van der Waals surface area (Å²) in [6.07, 6.45) is 0. The maximum absolute atomic E-state index is 7.65. The number of hydrogen-bond acceptors (Lipinski definition) is 4. The SMILES string of the molecule is [2H]C([2H])([2H])N1Cc2nn(C)nc2-c2cccc(N)c21. The molecule has 5 heteroatoms. The standard InChI is InChI=1S/C11H13N5/c1-15-6-9-10(14-16(2)13-9)7-4-3-5-8(12)11(7)15/h3-5H,6,12H2,1-2H3/i1D3. The van der Waals surface area contributed by atoms with Crippen molar-refractivity contribution in [1.82, 2.24) is 15.0 Å². The van der Waals surface area contributed by atoms with Gasteiger partial charge in [0.2, 0.25) is 0 Å². The number of para-hydroxylation sites is 1. The van der Waals surface area contributed by atoms with Crippen LogP contribution in [0.3, 0.4) is 0 Å². The Balaban J connectivity index is 2.28. The predicted molar refractivity (Wildman–Crippen MR) is 63.0 cm³/mol. The number of nitrogens with two attached hydrogens (primary N) is 1. The molecule has 0 unspecified atom stereocenters. The van der Waals surface area contributed by atoms with Gasteiger partial charge in [-0.25, -0.2) is 0 Å². The van der Waals surface area contributed by atoms with E-state index >= 15 is 0 Å². The van der Waals surface area contributed by atoms with Crippen molar-refractivity contribution < 1.29 is 4.11 Å². The van der Waals surface area contributed by atoms with Crippen LogP contribution in [0.1, 0.15) is 9.81 Å². The molecular weight excluding hydrogens is 202 g/mol. The zero-order valence-electron chi connectivity index (χ0n) is 11.8. The van der Waals surface area contributed by atoms with Crippen LogP contribution in [0.5, 0.6) is 0 Å². The highest BCUT2D eigenvalue weighted by atomic mass is 15.5. The van der Waals surface area contributed by atoms with Crippen molar-refractivity contribution in [3.8, 4) is 11.3 Å². The number of rotatable bonds is 0. The van der Waals surface area contributed by atoms with E-state index in [0.717, 1.165) is 0 Å². The molecule has 2 aromatic rings. The highest BCUT2D eigenvalue weighted by Crippen LogP contribution is 2.39. The highest BCUT2D eigenvalue weighted by molar-refractivity contribution is 5.88. The summed E-state index contributed by atoms with van der Waals surface area (Å²) < 4.78 is 23.0. The van der Waals surface area contributed by atoms with Crippen molar-refractivity contribution in [3.63, 3.8) is 0 Å².